The molecule has 0 amide bonds. The van der Waals surface area contributed by atoms with Gasteiger partial charge in [-0.15, -0.1) is 0 Å². The molecule has 6 heteroatoms. The molecule has 0 radical (unpaired) electrons. The van der Waals surface area contributed by atoms with Gasteiger partial charge in [-0.05, 0) is 13.5 Å². The summed E-state index contributed by atoms with van der Waals surface area (Å²) in [6.45, 7) is 4.45. The Bertz CT molecular complexity index is 319. The normalized spacial score (nSPS) is 14.1. The number of imidazole rings is 1. The summed E-state index contributed by atoms with van der Waals surface area (Å²) in [6, 6.07) is -1.52. The fourth-order valence-corrected chi connectivity index (χ4v) is 1.55. The first kappa shape index (κ1) is 13.0. The van der Waals surface area contributed by atoms with Crippen LogP contribution in [0.5, 0.6) is 0 Å². The Morgan fingerprint density at radius 1 is 1.44 bits per heavy atom. The molecular formula is C10H16F3N3. The van der Waals surface area contributed by atoms with E-state index in [1.807, 2.05) is 6.92 Å². The number of alkyl halides is 3. The van der Waals surface area contributed by atoms with E-state index in [-0.39, 0.29) is 13.0 Å². The van der Waals surface area contributed by atoms with Gasteiger partial charge in [0, 0.05) is 25.4 Å². The Morgan fingerprint density at radius 2 is 2.12 bits per heavy atom. The number of nitrogens with one attached hydrogen (secondary N) is 1. The number of aromatic nitrogens is 2. The highest BCUT2D eigenvalue weighted by Crippen LogP contribution is 2.22. The average molecular weight is 235 g/mol. The first-order valence-corrected chi connectivity index (χ1v) is 5.29. The number of likely N-dealkylation sites (N-methyl/N-ethyl adjacent to an activating group) is 1. The minimum absolute atomic E-state index is 0.127. The molecule has 0 spiro atoms. The van der Waals surface area contributed by atoms with Crippen molar-refractivity contribution in [3.05, 3.63) is 18.2 Å². The molecule has 0 saturated carbocycles. The highest BCUT2D eigenvalue weighted by molar-refractivity contribution is 4.97. The van der Waals surface area contributed by atoms with E-state index in [0.29, 0.717) is 12.4 Å². The highest BCUT2D eigenvalue weighted by atomic mass is 19.4. The fourth-order valence-electron chi connectivity index (χ4n) is 1.55. The van der Waals surface area contributed by atoms with Crippen molar-refractivity contribution in [1.29, 1.82) is 0 Å². The standard InChI is InChI=1S/C10H16F3N3/c1-3-14-8(10(11,12)13)7-9-15-5-6-16(9)4-2/h5-6,8,14H,3-4,7H2,1-2H3. The maximum Gasteiger partial charge on any atom is 0.404 e. The Kier molecular flexibility index (Phi) is 4.35. The second kappa shape index (κ2) is 5.34. The molecular weight excluding hydrogens is 219 g/mol. The van der Waals surface area contributed by atoms with Crippen LogP contribution in [0.25, 0.3) is 0 Å². The lowest BCUT2D eigenvalue weighted by atomic mass is 10.2. The van der Waals surface area contributed by atoms with Crippen LogP contribution in [0.1, 0.15) is 19.7 Å². The molecule has 0 saturated heterocycles. The highest BCUT2D eigenvalue weighted by Gasteiger charge is 2.39. The fraction of sp³-hybridized carbons (Fsp3) is 0.700. The van der Waals surface area contributed by atoms with Crippen LogP contribution in [-0.4, -0.2) is 28.3 Å². The third kappa shape index (κ3) is 3.23. The third-order valence-electron chi connectivity index (χ3n) is 2.37. The minimum atomic E-state index is -4.24. The van der Waals surface area contributed by atoms with Gasteiger partial charge in [-0.1, -0.05) is 6.92 Å². The Hall–Kier alpha value is -1.04. The molecule has 0 aliphatic carbocycles. The van der Waals surface area contributed by atoms with Crippen molar-refractivity contribution >= 4 is 0 Å². The monoisotopic (exact) mass is 235 g/mol. The first-order chi connectivity index (χ1) is 7.49. The van der Waals surface area contributed by atoms with Gasteiger partial charge in [0.05, 0.1) is 0 Å². The van der Waals surface area contributed by atoms with Crippen LogP contribution in [0.2, 0.25) is 0 Å². The molecule has 0 aliphatic heterocycles. The van der Waals surface area contributed by atoms with E-state index in [2.05, 4.69) is 10.3 Å². The smallest absolute Gasteiger partial charge is 0.335 e. The molecule has 1 heterocycles. The lowest BCUT2D eigenvalue weighted by Crippen LogP contribution is -2.44. The summed E-state index contributed by atoms with van der Waals surface area (Å²) in [7, 11) is 0. The lowest BCUT2D eigenvalue weighted by Gasteiger charge is -2.20. The Balaban J connectivity index is 2.75. The second-order valence-electron chi connectivity index (χ2n) is 3.49. The summed E-state index contributed by atoms with van der Waals surface area (Å²) < 4.78 is 39.6. The SMILES string of the molecule is CCNC(Cc1nccn1CC)C(F)(F)F. The number of hydrogen-bond acceptors (Lipinski definition) is 2. The number of halogens is 3. The van der Waals surface area contributed by atoms with E-state index in [1.165, 1.54) is 6.20 Å². The maximum atomic E-state index is 12.6. The predicted molar refractivity (Wildman–Crippen MR) is 55.1 cm³/mol. The zero-order valence-corrected chi connectivity index (χ0v) is 9.38. The van der Waals surface area contributed by atoms with Gasteiger partial charge in [0.1, 0.15) is 11.9 Å². The van der Waals surface area contributed by atoms with Crippen LogP contribution in [-0.2, 0) is 13.0 Å². The summed E-state index contributed by atoms with van der Waals surface area (Å²) in [6.07, 6.45) is -1.15. The predicted octanol–water partition coefficient (Wildman–Crippen LogP) is 1.99. The summed E-state index contributed by atoms with van der Waals surface area (Å²) in [5.41, 5.74) is 0. The molecule has 0 fully saturated rings. The molecule has 1 atom stereocenters. The molecule has 16 heavy (non-hydrogen) atoms. The van der Waals surface area contributed by atoms with Gasteiger partial charge in [-0.3, -0.25) is 0 Å². The van der Waals surface area contributed by atoms with Gasteiger partial charge in [0.2, 0.25) is 0 Å². The van der Waals surface area contributed by atoms with Crippen molar-refractivity contribution < 1.29 is 13.2 Å². The van der Waals surface area contributed by atoms with Crippen molar-refractivity contribution in [3.63, 3.8) is 0 Å². The summed E-state index contributed by atoms with van der Waals surface area (Å²) in [5.74, 6) is 0.464. The van der Waals surface area contributed by atoms with E-state index in [0.717, 1.165) is 0 Å². The zero-order valence-electron chi connectivity index (χ0n) is 9.38. The summed E-state index contributed by atoms with van der Waals surface area (Å²) in [4.78, 5) is 3.95. The van der Waals surface area contributed by atoms with Crippen molar-refractivity contribution in [2.24, 2.45) is 0 Å². The van der Waals surface area contributed by atoms with E-state index >= 15 is 0 Å². The van der Waals surface area contributed by atoms with Crippen LogP contribution < -0.4 is 5.32 Å². The number of hydrogen-bond donors (Lipinski definition) is 1. The number of nitrogens with zero attached hydrogens (tertiary/aromatic N) is 2. The quantitative estimate of drug-likeness (QED) is 0.845. The van der Waals surface area contributed by atoms with Crippen LogP contribution in [0, 0.1) is 0 Å². The van der Waals surface area contributed by atoms with Gasteiger partial charge < -0.3 is 9.88 Å². The van der Waals surface area contributed by atoms with Gasteiger partial charge >= 0.3 is 6.18 Å². The molecule has 92 valence electrons. The molecule has 1 N–H and O–H groups in total. The number of aryl methyl sites for hydroxylation is 1. The van der Waals surface area contributed by atoms with Gasteiger partial charge in [-0.25, -0.2) is 4.98 Å². The second-order valence-corrected chi connectivity index (χ2v) is 3.49. The van der Waals surface area contributed by atoms with Crippen LogP contribution in [0.4, 0.5) is 13.2 Å². The molecule has 0 bridgehead atoms. The Morgan fingerprint density at radius 3 is 2.62 bits per heavy atom. The van der Waals surface area contributed by atoms with Crippen molar-refractivity contribution in [1.82, 2.24) is 14.9 Å². The Labute approximate surface area is 92.7 Å². The van der Waals surface area contributed by atoms with Gasteiger partial charge in [0.25, 0.3) is 0 Å². The lowest BCUT2D eigenvalue weighted by molar-refractivity contribution is -0.155. The zero-order chi connectivity index (χ0) is 12.2. The molecule has 0 aliphatic rings. The van der Waals surface area contributed by atoms with E-state index in [9.17, 15) is 13.2 Å². The molecule has 3 nitrogen and oxygen atoms in total. The molecule has 0 aromatic carbocycles. The summed E-state index contributed by atoms with van der Waals surface area (Å²) >= 11 is 0. The van der Waals surface area contributed by atoms with Crippen molar-refractivity contribution in [2.45, 2.75) is 39.0 Å². The molecule has 1 aromatic rings. The average Bonchev–Trinajstić information content (AvgIpc) is 2.63. The van der Waals surface area contributed by atoms with E-state index in [4.69, 9.17) is 0 Å². The van der Waals surface area contributed by atoms with Crippen LogP contribution >= 0.6 is 0 Å². The minimum Gasteiger partial charge on any atom is -0.335 e. The van der Waals surface area contributed by atoms with Crippen LogP contribution in [0.3, 0.4) is 0 Å². The third-order valence-corrected chi connectivity index (χ3v) is 2.37. The van der Waals surface area contributed by atoms with E-state index in [1.54, 1.807) is 17.7 Å². The molecule has 1 unspecified atom stereocenters. The van der Waals surface area contributed by atoms with Gasteiger partial charge in [0.15, 0.2) is 0 Å². The molecule has 1 aromatic heterocycles. The topological polar surface area (TPSA) is 29.9 Å². The first-order valence-electron chi connectivity index (χ1n) is 5.29. The number of rotatable bonds is 5. The van der Waals surface area contributed by atoms with Crippen LogP contribution in [0.15, 0.2) is 12.4 Å². The van der Waals surface area contributed by atoms with Crippen molar-refractivity contribution in [3.8, 4) is 0 Å². The van der Waals surface area contributed by atoms with E-state index < -0.39 is 12.2 Å². The molecule has 1 rings (SSSR count). The maximum absolute atomic E-state index is 12.6. The van der Waals surface area contributed by atoms with Gasteiger partial charge in [-0.2, -0.15) is 13.2 Å². The largest absolute Gasteiger partial charge is 0.404 e. The summed E-state index contributed by atoms with van der Waals surface area (Å²) in [5, 5.41) is 2.43. The van der Waals surface area contributed by atoms with Crippen molar-refractivity contribution in [2.75, 3.05) is 6.54 Å².